The normalized spacial score (nSPS) is 17.7. The van der Waals surface area contributed by atoms with Crippen molar-refractivity contribution in [2.45, 2.75) is 57.0 Å². The number of nitrogens with zero attached hydrogens (tertiary/aromatic N) is 1. The molecule has 0 saturated heterocycles. The Morgan fingerprint density at radius 3 is 2.81 bits per heavy atom. The Morgan fingerprint density at radius 1 is 1.19 bits per heavy atom. The van der Waals surface area contributed by atoms with E-state index < -0.39 is 5.91 Å². The fourth-order valence-corrected chi connectivity index (χ4v) is 8.02. The van der Waals surface area contributed by atoms with Gasteiger partial charge in [-0.1, -0.05) is 18.7 Å². The first-order valence-corrected chi connectivity index (χ1v) is 13.4. The smallest absolute Gasteiger partial charge is 0.260 e. The van der Waals surface area contributed by atoms with Crippen molar-refractivity contribution in [3.05, 3.63) is 36.8 Å². The Labute approximate surface area is 197 Å². The van der Waals surface area contributed by atoms with Gasteiger partial charge in [0.1, 0.15) is 9.83 Å². The highest BCUT2D eigenvalue weighted by Gasteiger charge is 2.27. The maximum atomic E-state index is 12.7. The number of primary amides is 1. The number of amides is 2. The van der Waals surface area contributed by atoms with Gasteiger partial charge in [0.15, 0.2) is 5.16 Å². The lowest BCUT2D eigenvalue weighted by Gasteiger charge is -2.18. The van der Waals surface area contributed by atoms with E-state index in [9.17, 15) is 14.4 Å². The fourth-order valence-electron chi connectivity index (χ4n) is 4.61. The first kappa shape index (κ1) is 21.7. The number of hydrogen-bond donors (Lipinski definition) is 3. The van der Waals surface area contributed by atoms with Crippen molar-refractivity contribution in [2.24, 2.45) is 11.7 Å². The summed E-state index contributed by atoms with van der Waals surface area (Å²) in [6, 6.07) is 0. The molecule has 3 aromatic rings. The number of H-pyrrole nitrogens is 1. The van der Waals surface area contributed by atoms with Crippen molar-refractivity contribution in [1.82, 2.24) is 9.97 Å². The van der Waals surface area contributed by atoms with Crippen LogP contribution in [0.1, 0.15) is 57.4 Å². The number of aromatic nitrogens is 2. The van der Waals surface area contributed by atoms with E-state index in [2.05, 4.69) is 22.2 Å². The minimum absolute atomic E-state index is 0.0801. The maximum Gasteiger partial charge on any atom is 0.260 e. The minimum atomic E-state index is -0.502. The molecule has 7 nitrogen and oxygen atoms in total. The number of nitrogens with two attached hydrogens (primary N) is 1. The van der Waals surface area contributed by atoms with E-state index in [1.54, 1.807) is 11.3 Å². The zero-order valence-electron chi connectivity index (χ0n) is 17.7. The zero-order chi connectivity index (χ0) is 22.4. The molecule has 168 valence electrons. The Hall–Kier alpha value is -2.17. The SMILES string of the molecule is C[C@H]1CCc2c(sc(NC(=O)CSc3nc4sc5c(c4c(=O)[nH]3)CCCC5)c2C(N)=O)C1. The number of nitrogens with one attached hydrogen (secondary N) is 2. The van der Waals surface area contributed by atoms with Gasteiger partial charge in [-0.05, 0) is 62.0 Å². The van der Waals surface area contributed by atoms with Crippen molar-refractivity contribution < 1.29 is 9.59 Å². The molecule has 32 heavy (non-hydrogen) atoms. The van der Waals surface area contributed by atoms with Crippen LogP contribution in [0.2, 0.25) is 0 Å². The van der Waals surface area contributed by atoms with Crippen LogP contribution < -0.4 is 16.6 Å². The Balaban J connectivity index is 1.32. The Morgan fingerprint density at radius 2 is 2.00 bits per heavy atom. The minimum Gasteiger partial charge on any atom is -0.365 e. The second-order valence-electron chi connectivity index (χ2n) is 8.52. The van der Waals surface area contributed by atoms with Crippen molar-refractivity contribution in [3.63, 3.8) is 0 Å². The predicted octanol–water partition coefficient (Wildman–Crippen LogP) is 3.88. The summed E-state index contributed by atoms with van der Waals surface area (Å²) in [5, 5.41) is 4.55. The summed E-state index contributed by atoms with van der Waals surface area (Å²) < 4.78 is 0. The van der Waals surface area contributed by atoms with Crippen molar-refractivity contribution in [2.75, 3.05) is 11.1 Å². The third-order valence-corrected chi connectivity index (χ3v) is 9.38. The van der Waals surface area contributed by atoms with Gasteiger partial charge in [-0.3, -0.25) is 14.4 Å². The molecule has 3 aromatic heterocycles. The van der Waals surface area contributed by atoms with Crippen LogP contribution in [0.25, 0.3) is 10.2 Å². The first-order valence-electron chi connectivity index (χ1n) is 10.8. The summed E-state index contributed by atoms with van der Waals surface area (Å²) in [7, 11) is 0. The number of rotatable bonds is 5. The molecule has 0 spiro atoms. The third kappa shape index (κ3) is 3.99. The van der Waals surface area contributed by atoms with Crippen molar-refractivity contribution >= 4 is 61.5 Å². The molecule has 0 aromatic carbocycles. The van der Waals surface area contributed by atoms with E-state index in [-0.39, 0.29) is 17.2 Å². The summed E-state index contributed by atoms with van der Waals surface area (Å²) >= 11 is 4.23. The summed E-state index contributed by atoms with van der Waals surface area (Å²) in [4.78, 5) is 48.0. The van der Waals surface area contributed by atoms with E-state index >= 15 is 0 Å². The van der Waals surface area contributed by atoms with E-state index in [0.717, 1.165) is 65.8 Å². The average molecular weight is 489 g/mol. The number of carbonyl (C=O) groups excluding carboxylic acids is 2. The molecule has 0 bridgehead atoms. The number of aromatic amines is 1. The van der Waals surface area contributed by atoms with E-state index in [4.69, 9.17) is 5.73 Å². The van der Waals surface area contributed by atoms with Gasteiger partial charge in [0.25, 0.3) is 11.5 Å². The number of thiophene rings is 2. The highest BCUT2D eigenvalue weighted by atomic mass is 32.2. The third-order valence-electron chi connectivity index (χ3n) is 6.15. The van der Waals surface area contributed by atoms with Gasteiger partial charge in [-0.15, -0.1) is 22.7 Å². The van der Waals surface area contributed by atoms with Crippen LogP contribution >= 0.6 is 34.4 Å². The largest absolute Gasteiger partial charge is 0.365 e. The summed E-state index contributed by atoms with van der Waals surface area (Å²) in [5.41, 5.74) is 8.09. The second-order valence-corrected chi connectivity index (χ2v) is 11.7. The molecule has 5 rings (SSSR count). The van der Waals surface area contributed by atoms with Gasteiger partial charge in [0, 0.05) is 9.75 Å². The maximum absolute atomic E-state index is 12.7. The summed E-state index contributed by atoms with van der Waals surface area (Å²) in [6.07, 6.45) is 6.92. The zero-order valence-corrected chi connectivity index (χ0v) is 20.2. The van der Waals surface area contributed by atoms with Gasteiger partial charge in [-0.2, -0.15) is 0 Å². The molecule has 2 amide bonds. The number of anilines is 1. The molecule has 4 N–H and O–H groups in total. The molecule has 0 radical (unpaired) electrons. The van der Waals surface area contributed by atoms with Crippen molar-refractivity contribution in [1.29, 1.82) is 0 Å². The van der Waals surface area contributed by atoms with E-state index in [0.29, 0.717) is 27.0 Å². The molecule has 0 saturated carbocycles. The van der Waals surface area contributed by atoms with Gasteiger partial charge in [-0.25, -0.2) is 4.98 Å². The predicted molar refractivity (Wildman–Crippen MR) is 130 cm³/mol. The number of thioether (sulfide) groups is 1. The fraction of sp³-hybridized carbons (Fsp3) is 0.455. The van der Waals surface area contributed by atoms with Gasteiger partial charge < -0.3 is 16.0 Å². The molecule has 2 aliphatic rings. The highest BCUT2D eigenvalue weighted by molar-refractivity contribution is 7.99. The average Bonchev–Trinajstić information content (AvgIpc) is 3.29. The molecular formula is C22H24N4O3S3. The lowest BCUT2D eigenvalue weighted by molar-refractivity contribution is -0.113. The first-order chi connectivity index (χ1) is 15.4. The van der Waals surface area contributed by atoms with Crippen LogP contribution in [-0.2, 0) is 30.5 Å². The summed E-state index contributed by atoms with van der Waals surface area (Å²) in [6.45, 7) is 2.19. The monoisotopic (exact) mass is 488 g/mol. The Bertz CT molecular complexity index is 1290. The molecule has 3 heterocycles. The topological polar surface area (TPSA) is 118 Å². The highest BCUT2D eigenvalue weighted by Crippen LogP contribution is 2.39. The lowest BCUT2D eigenvalue weighted by atomic mass is 9.88. The van der Waals surface area contributed by atoms with Crippen LogP contribution in [-0.4, -0.2) is 27.5 Å². The molecule has 0 aliphatic heterocycles. The van der Waals surface area contributed by atoms with Crippen LogP contribution in [0.3, 0.4) is 0 Å². The van der Waals surface area contributed by atoms with Gasteiger partial charge in [0.05, 0.1) is 16.7 Å². The molecule has 0 fully saturated rings. The van der Waals surface area contributed by atoms with Crippen LogP contribution in [0.5, 0.6) is 0 Å². The molecule has 2 aliphatic carbocycles. The number of carbonyl (C=O) groups is 2. The standard InChI is InChI=1S/C22H24N4O3S3/c1-10-6-7-12-14(8-10)32-20(16(12)18(23)28)24-15(27)9-30-22-25-19(29)17-11-4-2-3-5-13(11)31-21(17)26-22/h10H,2-9H2,1H3,(H2,23,28)(H,24,27)(H,25,26,29)/t10-/m0/s1. The van der Waals surface area contributed by atoms with Gasteiger partial charge in [0.2, 0.25) is 5.91 Å². The van der Waals surface area contributed by atoms with Crippen LogP contribution in [0.4, 0.5) is 5.00 Å². The molecular weight excluding hydrogens is 464 g/mol. The number of fused-ring (bicyclic) bond motifs is 4. The number of aryl methyl sites for hydroxylation is 2. The molecule has 1 atom stereocenters. The number of hydrogen-bond acceptors (Lipinski definition) is 7. The van der Waals surface area contributed by atoms with Crippen LogP contribution in [0, 0.1) is 5.92 Å². The van der Waals surface area contributed by atoms with Gasteiger partial charge >= 0.3 is 0 Å². The lowest BCUT2D eigenvalue weighted by Crippen LogP contribution is -2.20. The van der Waals surface area contributed by atoms with E-state index in [1.807, 2.05) is 0 Å². The quantitative estimate of drug-likeness (QED) is 0.372. The second kappa shape index (κ2) is 8.64. The van der Waals surface area contributed by atoms with Crippen LogP contribution in [0.15, 0.2) is 9.95 Å². The molecule has 0 unspecified atom stereocenters. The Kier molecular flexibility index (Phi) is 5.85. The summed E-state index contributed by atoms with van der Waals surface area (Å²) in [5.74, 6) is -0.117. The van der Waals surface area contributed by atoms with Crippen molar-refractivity contribution in [3.8, 4) is 0 Å². The van der Waals surface area contributed by atoms with E-state index in [1.165, 1.54) is 28.0 Å². The molecule has 10 heteroatoms.